The summed E-state index contributed by atoms with van der Waals surface area (Å²) in [6, 6.07) is 19.8. The van der Waals surface area contributed by atoms with Gasteiger partial charge >= 0.3 is 5.63 Å². The zero-order valence-electron chi connectivity index (χ0n) is 16.9. The van der Waals surface area contributed by atoms with E-state index in [-0.39, 0.29) is 12.5 Å². The molecular weight excluding hydrogens is 414 g/mol. The van der Waals surface area contributed by atoms with Crippen LogP contribution in [0.3, 0.4) is 0 Å². The Morgan fingerprint density at radius 3 is 2.68 bits per heavy atom. The Hall–Kier alpha value is -3.58. The van der Waals surface area contributed by atoms with Crippen LogP contribution in [0.15, 0.2) is 81.3 Å². The van der Waals surface area contributed by atoms with Crippen molar-refractivity contribution in [2.24, 2.45) is 0 Å². The van der Waals surface area contributed by atoms with E-state index in [4.69, 9.17) is 13.9 Å². The summed E-state index contributed by atoms with van der Waals surface area (Å²) in [6.07, 6.45) is 0. The topological polar surface area (TPSA) is 69.0 Å². The lowest BCUT2D eigenvalue weighted by atomic mass is 10.2. The molecule has 0 bridgehead atoms. The summed E-state index contributed by atoms with van der Waals surface area (Å²) in [4.78, 5) is 27.3. The Balaban J connectivity index is 1.50. The van der Waals surface area contributed by atoms with Gasteiger partial charge in [0.25, 0.3) is 5.91 Å². The summed E-state index contributed by atoms with van der Waals surface area (Å²) < 4.78 is 16.4. The number of fused-ring (bicyclic) bond motifs is 1. The third kappa shape index (κ3) is 5.13. The van der Waals surface area contributed by atoms with Crippen molar-refractivity contribution < 1.29 is 18.7 Å². The summed E-state index contributed by atoms with van der Waals surface area (Å²) in [5.41, 5.74) is 0.906. The number of nitrogens with zero attached hydrogens (tertiary/aromatic N) is 1. The first-order chi connectivity index (χ1) is 15.1. The predicted octanol–water partition coefficient (Wildman–Crippen LogP) is 4.47. The summed E-state index contributed by atoms with van der Waals surface area (Å²) in [5.74, 6) is 1.04. The van der Waals surface area contributed by atoms with Crippen molar-refractivity contribution in [3.05, 3.63) is 93.0 Å². The van der Waals surface area contributed by atoms with Crippen molar-refractivity contribution in [1.82, 2.24) is 4.90 Å². The summed E-state index contributed by atoms with van der Waals surface area (Å²) in [5, 5.41) is 2.77. The van der Waals surface area contributed by atoms with Gasteiger partial charge in [0.2, 0.25) is 0 Å². The van der Waals surface area contributed by atoms with Gasteiger partial charge in [0.1, 0.15) is 17.1 Å². The lowest BCUT2D eigenvalue weighted by molar-refractivity contribution is -0.134. The first-order valence-corrected chi connectivity index (χ1v) is 10.6. The number of rotatable bonds is 8. The maximum atomic E-state index is 13.1. The lowest BCUT2D eigenvalue weighted by Gasteiger charge is -2.23. The number of benzene rings is 2. The van der Waals surface area contributed by atoms with Gasteiger partial charge < -0.3 is 18.8 Å². The fraction of sp³-hybridized carbons (Fsp3) is 0.167. The van der Waals surface area contributed by atoms with Gasteiger partial charge in [-0.3, -0.25) is 4.79 Å². The molecule has 4 rings (SSSR count). The Labute approximate surface area is 183 Å². The first-order valence-electron chi connectivity index (χ1n) is 9.71. The quantitative estimate of drug-likeness (QED) is 0.382. The minimum atomic E-state index is -0.431. The second-order valence-corrected chi connectivity index (χ2v) is 7.92. The number of thiophene rings is 1. The molecule has 158 valence electrons. The van der Waals surface area contributed by atoms with Crippen molar-refractivity contribution >= 4 is 28.2 Å². The monoisotopic (exact) mass is 435 g/mol. The third-order valence-electron chi connectivity index (χ3n) is 4.79. The molecule has 2 aromatic heterocycles. The van der Waals surface area contributed by atoms with E-state index < -0.39 is 5.63 Å². The molecule has 7 heteroatoms. The minimum absolute atomic E-state index is 0.136. The molecule has 0 radical (unpaired) electrons. The fourth-order valence-electron chi connectivity index (χ4n) is 3.23. The molecule has 0 fully saturated rings. The average molecular weight is 436 g/mol. The molecule has 1 amide bonds. The lowest BCUT2D eigenvalue weighted by Crippen LogP contribution is -2.34. The average Bonchev–Trinajstić information content (AvgIpc) is 3.30. The highest BCUT2D eigenvalue weighted by Gasteiger charge is 2.18. The van der Waals surface area contributed by atoms with E-state index in [0.717, 1.165) is 21.6 Å². The number of methoxy groups -OCH3 is 1. The summed E-state index contributed by atoms with van der Waals surface area (Å²) in [6.45, 7) is 0.740. The van der Waals surface area contributed by atoms with Crippen molar-refractivity contribution in [1.29, 1.82) is 0 Å². The van der Waals surface area contributed by atoms with Crippen LogP contribution in [0.4, 0.5) is 0 Å². The molecule has 0 unspecified atom stereocenters. The molecule has 6 nitrogen and oxygen atoms in total. The van der Waals surface area contributed by atoms with E-state index >= 15 is 0 Å². The Morgan fingerprint density at radius 1 is 1.03 bits per heavy atom. The Bertz CT molecular complexity index is 1230. The summed E-state index contributed by atoms with van der Waals surface area (Å²) in [7, 11) is 1.62. The van der Waals surface area contributed by atoms with Crippen LogP contribution in [-0.4, -0.2) is 24.5 Å². The zero-order valence-corrected chi connectivity index (χ0v) is 17.8. The molecule has 0 aliphatic rings. The van der Waals surface area contributed by atoms with Crippen LogP contribution in [0.1, 0.15) is 10.4 Å². The molecule has 0 N–H and O–H groups in total. The number of amides is 1. The van der Waals surface area contributed by atoms with Crippen LogP contribution < -0.4 is 15.1 Å². The zero-order chi connectivity index (χ0) is 21.6. The van der Waals surface area contributed by atoms with E-state index in [9.17, 15) is 9.59 Å². The molecule has 0 aliphatic carbocycles. The normalized spacial score (nSPS) is 10.7. The standard InChI is InChI=1S/C24H21NO5S/c1-28-21-7-3-2-5-18(21)14-25(15-20-6-4-12-31-20)23(26)16-29-19-10-8-17-9-11-24(27)30-22(17)13-19/h2-13H,14-16H2,1H3. The van der Waals surface area contributed by atoms with Gasteiger partial charge in [0, 0.05) is 34.5 Å². The second kappa shape index (κ2) is 9.49. The van der Waals surface area contributed by atoms with Crippen molar-refractivity contribution in [2.75, 3.05) is 13.7 Å². The van der Waals surface area contributed by atoms with Crippen LogP contribution in [-0.2, 0) is 17.9 Å². The van der Waals surface area contributed by atoms with E-state index in [0.29, 0.717) is 24.4 Å². The number of ether oxygens (including phenoxy) is 2. The van der Waals surface area contributed by atoms with Crippen molar-refractivity contribution in [3.8, 4) is 11.5 Å². The van der Waals surface area contributed by atoms with Crippen LogP contribution in [0.5, 0.6) is 11.5 Å². The largest absolute Gasteiger partial charge is 0.496 e. The van der Waals surface area contributed by atoms with Crippen LogP contribution in [0.25, 0.3) is 11.0 Å². The second-order valence-electron chi connectivity index (χ2n) is 6.88. The van der Waals surface area contributed by atoms with Gasteiger partial charge in [-0.05, 0) is 35.7 Å². The van der Waals surface area contributed by atoms with Gasteiger partial charge in [-0.15, -0.1) is 11.3 Å². The summed E-state index contributed by atoms with van der Waals surface area (Å²) >= 11 is 1.60. The predicted molar refractivity (Wildman–Crippen MR) is 120 cm³/mol. The highest BCUT2D eigenvalue weighted by atomic mass is 32.1. The Kier molecular flexibility index (Phi) is 6.33. The van der Waals surface area contributed by atoms with Crippen LogP contribution >= 0.6 is 11.3 Å². The molecule has 4 aromatic rings. The number of carbonyl (C=O) groups is 1. The molecule has 0 saturated carbocycles. The van der Waals surface area contributed by atoms with Crippen LogP contribution in [0.2, 0.25) is 0 Å². The molecule has 0 aliphatic heterocycles. The number of para-hydroxylation sites is 1. The third-order valence-corrected chi connectivity index (χ3v) is 5.65. The fourth-order valence-corrected chi connectivity index (χ4v) is 3.95. The molecule has 31 heavy (non-hydrogen) atoms. The smallest absolute Gasteiger partial charge is 0.336 e. The van der Waals surface area contributed by atoms with Crippen molar-refractivity contribution in [3.63, 3.8) is 0 Å². The molecule has 2 aromatic carbocycles. The first kappa shape index (κ1) is 20.7. The van der Waals surface area contributed by atoms with Gasteiger partial charge in [-0.25, -0.2) is 4.79 Å². The van der Waals surface area contributed by atoms with E-state index in [1.165, 1.54) is 6.07 Å². The number of carbonyl (C=O) groups excluding carboxylic acids is 1. The molecular formula is C24H21NO5S. The van der Waals surface area contributed by atoms with Gasteiger partial charge in [0.15, 0.2) is 6.61 Å². The SMILES string of the molecule is COc1ccccc1CN(Cc1cccs1)C(=O)COc1ccc2ccc(=O)oc2c1. The maximum Gasteiger partial charge on any atom is 0.336 e. The maximum absolute atomic E-state index is 13.1. The van der Waals surface area contributed by atoms with Gasteiger partial charge in [0.05, 0.1) is 13.7 Å². The molecule has 0 saturated heterocycles. The molecule has 0 atom stereocenters. The van der Waals surface area contributed by atoms with Gasteiger partial charge in [-0.2, -0.15) is 0 Å². The number of hydrogen-bond acceptors (Lipinski definition) is 6. The highest BCUT2D eigenvalue weighted by molar-refractivity contribution is 7.09. The Morgan fingerprint density at radius 2 is 1.87 bits per heavy atom. The minimum Gasteiger partial charge on any atom is -0.496 e. The molecule has 2 heterocycles. The van der Waals surface area contributed by atoms with E-state index in [2.05, 4.69) is 0 Å². The highest BCUT2D eigenvalue weighted by Crippen LogP contribution is 2.23. The number of hydrogen-bond donors (Lipinski definition) is 0. The van der Waals surface area contributed by atoms with E-state index in [1.807, 2.05) is 41.8 Å². The van der Waals surface area contributed by atoms with Crippen molar-refractivity contribution in [2.45, 2.75) is 13.1 Å². The van der Waals surface area contributed by atoms with E-state index in [1.54, 1.807) is 47.6 Å². The van der Waals surface area contributed by atoms with Gasteiger partial charge in [-0.1, -0.05) is 24.3 Å². The van der Waals surface area contributed by atoms with Crippen LogP contribution in [0, 0.1) is 0 Å². The molecule has 0 spiro atoms.